The number of para-hydroxylation sites is 1. The van der Waals surface area contributed by atoms with Gasteiger partial charge in [0.1, 0.15) is 0 Å². The van der Waals surface area contributed by atoms with Gasteiger partial charge in [-0.05, 0) is 49.1 Å². The number of nitrogens with one attached hydrogen (secondary N) is 2. The molecule has 31 heavy (non-hydrogen) atoms. The Morgan fingerprint density at radius 1 is 0.839 bits per heavy atom. The Morgan fingerprint density at radius 2 is 1.55 bits per heavy atom. The van der Waals surface area contributed by atoms with E-state index in [1.54, 1.807) is 12.1 Å². The summed E-state index contributed by atoms with van der Waals surface area (Å²) in [5.74, 6) is -0.848. The zero-order valence-electron chi connectivity index (χ0n) is 18.5. The lowest BCUT2D eigenvalue weighted by Gasteiger charge is -2.22. The molecular weight excluding hydrogens is 390 g/mol. The van der Waals surface area contributed by atoms with Crippen LogP contribution in [0.25, 0.3) is 0 Å². The molecule has 0 radical (unpaired) electrons. The van der Waals surface area contributed by atoms with E-state index in [-0.39, 0.29) is 30.8 Å². The molecule has 0 atom stereocenters. The Bertz CT molecular complexity index is 835. The highest BCUT2D eigenvalue weighted by Crippen LogP contribution is 2.11. The molecule has 6 nitrogen and oxygen atoms in total. The van der Waals surface area contributed by atoms with E-state index in [4.69, 9.17) is 0 Å². The van der Waals surface area contributed by atoms with E-state index in [0.717, 1.165) is 19.3 Å². The molecule has 0 fully saturated rings. The Kier molecular flexibility index (Phi) is 10.3. The predicted molar refractivity (Wildman–Crippen MR) is 124 cm³/mol. The normalized spacial score (nSPS) is 10.4. The fourth-order valence-electron chi connectivity index (χ4n) is 3.23. The van der Waals surface area contributed by atoms with Gasteiger partial charge in [-0.1, -0.05) is 57.0 Å². The average molecular weight is 424 g/mol. The summed E-state index contributed by atoms with van der Waals surface area (Å²) in [5.41, 5.74) is 2.46. The van der Waals surface area contributed by atoms with E-state index in [1.807, 2.05) is 49.4 Å². The van der Waals surface area contributed by atoms with Crippen LogP contribution in [0.2, 0.25) is 0 Å². The Morgan fingerprint density at radius 3 is 2.19 bits per heavy atom. The van der Waals surface area contributed by atoms with Crippen LogP contribution in [0.15, 0.2) is 54.6 Å². The van der Waals surface area contributed by atoms with Gasteiger partial charge in [0.05, 0.1) is 13.1 Å². The molecule has 0 aromatic heterocycles. The Hall–Kier alpha value is -3.15. The SMILES string of the molecule is CCCCCc1ccc(C(=O)N(CCC)CC(=O)NCC(=O)Nc2ccccc2)cc1. The van der Waals surface area contributed by atoms with E-state index in [2.05, 4.69) is 17.6 Å². The minimum absolute atomic E-state index is 0.0798. The molecule has 0 unspecified atom stereocenters. The summed E-state index contributed by atoms with van der Waals surface area (Å²) in [7, 11) is 0. The van der Waals surface area contributed by atoms with Gasteiger partial charge < -0.3 is 15.5 Å². The lowest BCUT2D eigenvalue weighted by atomic mass is 10.0. The molecule has 2 N–H and O–H groups in total. The van der Waals surface area contributed by atoms with Crippen molar-refractivity contribution >= 4 is 23.4 Å². The molecule has 2 aromatic carbocycles. The van der Waals surface area contributed by atoms with Gasteiger partial charge in [-0.3, -0.25) is 14.4 Å². The molecule has 0 heterocycles. The van der Waals surface area contributed by atoms with Crippen molar-refractivity contribution < 1.29 is 14.4 Å². The number of anilines is 1. The van der Waals surface area contributed by atoms with Crippen molar-refractivity contribution in [1.29, 1.82) is 0 Å². The van der Waals surface area contributed by atoms with Crippen LogP contribution in [-0.4, -0.2) is 42.3 Å². The fourth-order valence-corrected chi connectivity index (χ4v) is 3.23. The quantitative estimate of drug-likeness (QED) is 0.506. The second kappa shape index (κ2) is 13.2. The van der Waals surface area contributed by atoms with Gasteiger partial charge in [0, 0.05) is 17.8 Å². The first kappa shape index (κ1) is 24.1. The monoisotopic (exact) mass is 423 g/mol. The van der Waals surface area contributed by atoms with Gasteiger partial charge in [-0.25, -0.2) is 0 Å². The van der Waals surface area contributed by atoms with Crippen molar-refractivity contribution in [2.45, 2.75) is 46.0 Å². The Labute approximate surface area is 185 Å². The first-order valence-electron chi connectivity index (χ1n) is 11.0. The topological polar surface area (TPSA) is 78.5 Å². The second-order valence-corrected chi connectivity index (χ2v) is 7.57. The molecule has 0 aliphatic heterocycles. The molecule has 0 saturated carbocycles. The number of carbonyl (C=O) groups is 3. The molecule has 3 amide bonds. The molecule has 0 saturated heterocycles. The van der Waals surface area contributed by atoms with Crippen LogP contribution in [0.4, 0.5) is 5.69 Å². The maximum absolute atomic E-state index is 12.9. The summed E-state index contributed by atoms with van der Waals surface area (Å²) in [5, 5.41) is 5.30. The lowest BCUT2D eigenvalue weighted by Crippen LogP contribution is -2.43. The van der Waals surface area contributed by atoms with Crippen LogP contribution in [-0.2, 0) is 16.0 Å². The molecule has 166 valence electrons. The van der Waals surface area contributed by atoms with Crippen LogP contribution in [0.5, 0.6) is 0 Å². The number of carbonyl (C=O) groups excluding carboxylic acids is 3. The molecule has 2 aromatic rings. The zero-order chi connectivity index (χ0) is 22.5. The van der Waals surface area contributed by atoms with Crippen molar-refractivity contribution in [2.75, 3.05) is 25.0 Å². The van der Waals surface area contributed by atoms with Crippen LogP contribution >= 0.6 is 0 Å². The highest BCUT2D eigenvalue weighted by Gasteiger charge is 2.18. The van der Waals surface area contributed by atoms with Gasteiger partial charge in [0.15, 0.2) is 0 Å². The van der Waals surface area contributed by atoms with Crippen LogP contribution in [0.3, 0.4) is 0 Å². The minimum atomic E-state index is -0.360. The number of benzene rings is 2. The number of nitrogens with zero attached hydrogens (tertiary/aromatic N) is 1. The standard InChI is InChI=1S/C25H33N3O3/c1-3-5-7-10-20-13-15-21(16-14-20)25(31)28(17-4-2)19-24(30)26-18-23(29)27-22-11-8-6-9-12-22/h6,8-9,11-16H,3-5,7,10,17-19H2,1-2H3,(H,26,30)(H,27,29). The maximum Gasteiger partial charge on any atom is 0.254 e. The summed E-state index contributed by atoms with van der Waals surface area (Å²) in [6.07, 6.45) is 5.27. The zero-order valence-corrected chi connectivity index (χ0v) is 18.5. The first-order valence-corrected chi connectivity index (χ1v) is 11.0. The molecule has 0 spiro atoms. The van der Waals surface area contributed by atoms with Crippen LogP contribution in [0, 0.1) is 0 Å². The van der Waals surface area contributed by atoms with Gasteiger partial charge in [0.2, 0.25) is 11.8 Å². The number of hydrogen-bond acceptors (Lipinski definition) is 3. The average Bonchev–Trinajstić information content (AvgIpc) is 2.78. The third-order valence-electron chi connectivity index (χ3n) is 4.89. The number of hydrogen-bond donors (Lipinski definition) is 2. The fraction of sp³-hybridized carbons (Fsp3) is 0.400. The van der Waals surface area contributed by atoms with E-state index in [0.29, 0.717) is 17.8 Å². The third kappa shape index (κ3) is 8.62. The maximum atomic E-state index is 12.9. The highest BCUT2D eigenvalue weighted by molar-refractivity contribution is 5.98. The van der Waals surface area contributed by atoms with E-state index >= 15 is 0 Å². The van der Waals surface area contributed by atoms with Gasteiger partial charge >= 0.3 is 0 Å². The smallest absolute Gasteiger partial charge is 0.254 e. The number of rotatable bonds is 12. The molecular formula is C25H33N3O3. The van der Waals surface area contributed by atoms with Crippen molar-refractivity contribution in [3.63, 3.8) is 0 Å². The first-order chi connectivity index (χ1) is 15.0. The largest absolute Gasteiger partial charge is 0.345 e. The van der Waals surface area contributed by atoms with Crippen molar-refractivity contribution in [2.24, 2.45) is 0 Å². The predicted octanol–water partition coefficient (Wildman–Crippen LogP) is 4.03. The van der Waals surface area contributed by atoms with Crippen LogP contribution in [0.1, 0.15) is 55.5 Å². The number of aryl methyl sites for hydroxylation is 1. The molecule has 0 bridgehead atoms. The van der Waals surface area contributed by atoms with Gasteiger partial charge in [0.25, 0.3) is 5.91 Å². The number of amides is 3. The molecule has 0 aliphatic carbocycles. The summed E-state index contributed by atoms with van der Waals surface area (Å²) in [4.78, 5) is 38.8. The van der Waals surface area contributed by atoms with Gasteiger partial charge in [-0.15, -0.1) is 0 Å². The molecule has 6 heteroatoms. The van der Waals surface area contributed by atoms with Crippen molar-refractivity contribution in [3.8, 4) is 0 Å². The van der Waals surface area contributed by atoms with E-state index < -0.39 is 0 Å². The second-order valence-electron chi connectivity index (χ2n) is 7.57. The van der Waals surface area contributed by atoms with E-state index in [1.165, 1.54) is 23.3 Å². The molecule has 0 aliphatic rings. The third-order valence-corrected chi connectivity index (χ3v) is 4.89. The van der Waals surface area contributed by atoms with Crippen LogP contribution < -0.4 is 10.6 Å². The summed E-state index contributed by atoms with van der Waals surface area (Å²) in [6.45, 7) is 4.39. The summed E-state index contributed by atoms with van der Waals surface area (Å²) in [6, 6.07) is 16.7. The van der Waals surface area contributed by atoms with Crippen molar-refractivity contribution in [1.82, 2.24) is 10.2 Å². The lowest BCUT2D eigenvalue weighted by molar-refractivity contribution is -0.124. The van der Waals surface area contributed by atoms with E-state index in [9.17, 15) is 14.4 Å². The molecule has 2 rings (SSSR count). The summed E-state index contributed by atoms with van der Waals surface area (Å²) >= 11 is 0. The summed E-state index contributed by atoms with van der Waals surface area (Å²) < 4.78 is 0. The number of unbranched alkanes of at least 4 members (excludes halogenated alkanes) is 2. The minimum Gasteiger partial charge on any atom is -0.345 e. The Balaban J connectivity index is 1.86. The van der Waals surface area contributed by atoms with Crippen molar-refractivity contribution in [3.05, 3.63) is 65.7 Å². The van der Waals surface area contributed by atoms with Gasteiger partial charge in [-0.2, -0.15) is 0 Å². The highest BCUT2D eigenvalue weighted by atomic mass is 16.2.